The Balaban J connectivity index is 1.34. The maximum Gasteiger partial charge on any atom is 0.248 e. The summed E-state index contributed by atoms with van der Waals surface area (Å²) in [6, 6.07) is 8.05. The highest BCUT2D eigenvalue weighted by atomic mass is 32.2. The number of fused-ring (bicyclic) bond motifs is 2. The van der Waals surface area contributed by atoms with Crippen LogP contribution in [-0.2, 0) is 9.59 Å². The Morgan fingerprint density at radius 2 is 1.83 bits per heavy atom. The SMILES string of the molecule is Cc1ccc(SCC(=O)NNC(=O)C[C@H]2C[C@H]3CC[C@@H]2C3)cc1. The standard InChI is InChI=1S/C18H24N2O2S/c1-12-2-6-16(7-3-12)23-11-18(22)20-19-17(21)10-15-9-13-4-5-14(15)8-13/h2-3,6-7,13-15H,4-5,8-11H2,1H3,(H,19,21)(H,20,22)/t13-,14+,15+/m0/s1. The summed E-state index contributed by atoms with van der Waals surface area (Å²) < 4.78 is 0. The summed E-state index contributed by atoms with van der Waals surface area (Å²) >= 11 is 1.47. The molecule has 124 valence electrons. The van der Waals surface area contributed by atoms with Crippen molar-refractivity contribution in [1.82, 2.24) is 10.9 Å². The topological polar surface area (TPSA) is 58.2 Å². The van der Waals surface area contributed by atoms with Crippen LogP contribution in [0.5, 0.6) is 0 Å². The van der Waals surface area contributed by atoms with Crippen LogP contribution in [0.3, 0.4) is 0 Å². The van der Waals surface area contributed by atoms with E-state index in [0.29, 0.717) is 18.1 Å². The highest BCUT2D eigenvalue weighted by molar-refractivity contribution is 8.00. The molecule has 0 saturated heterocycles. The van der Waals surface area contributed by atoms with Gasteiger partial charge in [-0.05, 0) is 56.1 Å². The van der Waals surface area contributed by atoms with Crippen molar-refractivity contribution in [2.75, 3.05) is 5.75 Å². The van der Waals surface area contributed by atoms with Gasteiger partial charge < -0.3 is 0 Å². The minimum Gasteiger partial charge on any atom is -0.273 e. The molecule has 0 radical (unpaired) electrons. The van der Waals surface area contributed by atoms with Gasteiger partial charge in [-0.1, -0.05) is 24.1 Å². The van der Waals surface area contributed by atoms with E-state index in [1.165, 1.54) is 43.0 Å². The van der Waals surface area contributed by atoms with Gasteiger partial charge in [0.25, 0.3) is 0 Å². The van der Waals surface area contributed by atoms with E-state index in [4.69, 9.17) is 0 Å². The quantitative estimate of drug-likeness (QED) is 0.643. The van der Waals surface area contributed by atoms with Gasteiger partial charge in [-0.15, -0.1) is 11.8 Å². The number of carbonyl (C=O) groups excluding carboxylic acids is 2. The molecule has 2 amide bonds. The number of carbonyl (C=O) groups is 2. The largest absolute Gasteiger partial charge is 0.273 e. The molecule has 2 fully saturated rings. The molecular weight excluding hydrogens is 308 g/mol. The highest BCUT2D eigenvalue weighted by Crippen LogP contribution is 2.49. The first kappa shape index (κ1) is 16.4. The molecule has 1 aromatic rings. The van der Waals surface area contributed by atoms with E-state index in [9.17, 15) is 9.59 Å². The normalized spacial score (nSPS) is 25.3. The first-order valence-electron chi connectivity index (χ1n) is 8.37. The maximum absolute atomic E-state index is 12.0. The van der Waals surface area contributed by atoms with Gasteiger partial charge in [-0.25, -0.2) is 0 Å². The molecule has 0 spiro atoms. The smallest absolute Gasteiger partial charge is 0.248 e. The van der Waals surface area contributed by atoms with Crippen molar-refractivity contribution >= 4 is 23.6 Å². The number of benzene rings is 1. The molecule has 2 N–H and O–H groups in total. The Hall–Kier alpha value is -1.49. The lowest BCUT2D eigenvalue weighted by atomic mass is 9.86. The molecule has 2 saturated carbocycles. The Kier molecular flexibility index (Phi) is 5.26. The van der Waals surface area contributed by atoms with Crippen molar-refractivity contribution in [3.63, 3.8) is 0 Å². The highest BCUT2D eigenvalue weighted by Gasteiger charge is 2.40. The van der Waals surface area contributed by atoms with E-state index in [2.05, 4.69) is 10.9 Å². The van der Waals surface area contributed by atoms with E-state index in [0.717, 1.165) is 16.7 Å². The molecule has 2 bridgehead atoms. The van der Waals surface area contributed by atoms with E-state index >= 15 is 0 Å². The summed E-state index contributed by atoms with van der Waals surface area (Å²) in [5.41, 5.74) is 6.29. The Morgan fingerprint density at radius 3 is 2.48 bits per heavy atom. The number of nitrogens with one attached hydrogen (secondary N) is 2. The lowest BCUT2D eigenvalue weighted by Gasteiger charge is -2.20. The third-order valence-corrected chi connectivity index (χ3v) is 6.08. The summed E-state index contributed by atoms with van der Waals surface area (Å²) in [5.74, 6) is 2.18. The fourth-order valence-electron chi connectivity index (χ4n) is 3.87. The molecule has 3 rings (SSSR count). The number of amides is 2. The number of thioether (sulfide) groups is 1. The van der Waals surface area contributed by atoms with Crippen LogP contribution in [0.25, 0.3) is 0 Å². The molecule has 2 aliphatic carbocycles. The molecular formula is C18H24N2O2S. The summed E-state index contributed by atoms with van der Waals surface area (Å²) in [6.45, 7) is 2.03. The molecule has 0 unspecified atom stereocenters. The number of aryl methyl sites for hydroxylation is 1. The lowest BCUT2D eigenvalue weighted by Crippen LogP contribution is -2.43. The van der Waals surface area contributed by atoms with Crippen molar-refractivity contribution in [3.8, 4) is 0 Å². The molecule has 4 nitrogen and oxygen atoms in total. The van der Waals surface area contributed by atoms with Crippen molar-refractivity contribution in [2.24, 2.45) is 17.8 Å². The molecule has 1 aromatic carbocycles. The van der Waals surface area contributed by atoms with Crippen LogP contribution >= 0.6 is 11.8 Å². The second-order valence-corrected chi connectivity index (χ2v) is 7.89. The number of hydrogen-bond acceptors (Lipinski definition) is 3. The summed E-state index contributed by atoms with van der Waals surface area (Å²) in [6.07, 6.45) is 5.66. The van der Waals surface area contributed by atoms with Gasteiger partial charge in [-0.3, -0.25) is 20.4 Å². The van der Waals surface area contributed by atoms with Crippen LogP contribution in [0.2, 0.25) is 0 Å². The zero-order valence-corrected chi connectivity index (χ0v) is 14.3. The van der Waals surface area contributed by atoms with Crippen molar-refractivity contribution in [2.45, 2.75) is 43.9 Å². The van der Waals surface area contributed by atoms with E-state index in [1.807, 2.05) is 31.2 Å². The zero-order chi connectivity index (χ0) is 16.2. The lowest BCUT2D eigenvalue weighted by molar-refractivity contribution is -0.128. The monoisotopic (exact) mass is 332 g/mol. The third-order valence-electron chi connectivity index (χ3n) is 5.06. The van der Waals surface area contributed by atoms with Crippen LogP contribution < -0.4 is 10.9 Å². The van der Waals surface area contributed by atoms with Crippen LogP contribution in [0, 0.1) is 24.7 Å². The van der Waals surface area contributed by atoms with Gasteiger partial charge in [0.05, 0.1) is 5.75 Å². The van der Waals surface area contributed by atoms with Crippen LogP contribution in [0.4, 0.5) is 0 Å². The van der Waals surface area contributed by atoms with E-state index in [-0.39, 0.29) is 11.8 Å². The first-order valence-corrected chi connectivity index (χ1v) is 9.36. The average Bonchev–Trinajstić information content (AvgIpc) is 3.15. The second-order valence-electron chi connectivity index (χ2n) is 6.84. The summed E-state index contributed by atoms with van der Waals surface area (Å²) in [4.78, 5) is 24.8. The van der Waals surface area contributed by atoms with E-state index in [1.54, 1.807) is 0 Å². The molecule has 3 atom stereocenters. The summed E-state index contributed by atoms with van der Waals surface area (Å²) in [7, 11) is 0. The molecule has 0 heterocycles. The molecule has 0 aliphatic heterocycles. The molecule has 0 aromatic heterocycles. The minimum absolute atomic E-state index is 0.0590. The van der Waals surface area contributed by atoms with Gasteiger partial charge in [0.2, 0.25) is 11.8 Å². The maximum atomic E-state index is 12.0. The molecule has 2 aliphatic rings. The van der Waals surface area contributed by atoms with Gasteiger partial charge in [0.15, 0.2) is 0 Å². The Morgan fingerprint density at radius 1 is 1.09 bits per heavy atom. The Labute approximate surface area is 141 Å². The van der Waals surface area contributed by atoms with Crippen LogP contribution in [0.1, 0.15) is 37.7 Å². The fraction of sp³-hybridized carbons (Fsp3) is 0.556. The minimum atomic E-state index is -0.170. The van der Waals surface area contributed by atoms with Crippen molar-refractivity contribution < 1.29 is 9.59 Å². The average molecular weight is 332 g/mol. The van der Waals surface area contributed by atoms with Crippen molar-refractivity contribution in [1.29, 1.82) is 0 Å². The predicted molar refractivity (Wildman–Crippen MR) is 91.7 cm³/mol. The van der Waals surface area contributed by atoms with Gasteiger partial charge >= 0.3 is 0 Å². The Bertz CT molecular complexity index is 573. The fourth-order valence-corrected chi connectivity index (χ4v) is 4.57. The second kappa shape index (κ2) is 7.39. The summed E-state index contributed by atoms with van der Waals surface area (Å²) in [5, 5.41) is 0. The van der Waals surface area contributed by atoms with E-state index < -0.39 is 0 Å². The third kappa shape index (κ3) is 4.50. The first-order chi connectivity index (χ1) is 11.1. The predicted octanol–water partition coefficient (Wildman–Crippen LogP) is 3.06. The van der Waals surface area contributed by atoms with Gasteiger partial charge in [0, 0.05) is 11.3 Å². The molecule has 23 heavy (non-hydrogen) atoms. The van der Waals surface area contributed by atoms with Crippen LogP contribution in [-0.4, -0.2) is 17.6 Å². The van der Waals surface area contributed by atoms with Crippen LogP contribution in [0.15, 0.2) is 29.2 Å². The number of rotatable bonds is 5. The number of hydrogen-bond donors (Lipinski definition) is 2. The van der Waals surface area contributed by atoms with Gasteiger partial charge in [-0.2, -0.15) is 0 Å². The zero-order valence-electron chi connectivity index (χ0n) is 13.5. The number of hydrazine groups is 1. The molecule has 5 heteroatoms. The van der Waals surface area contributed by atoms with Gasteiger partial charge in [0.1, 0.15) is 0 Å². The van der Waals surface area contributed by atoms with Crippen molar-refractivity contribution in [3.05, 3.63) is 29.8 Å².